The highest BCUT2D eigenvalue weighted by Gasteiger charge is 2.39. The number of ketones is 1. The highest BCUT2D eigenvalue weighted by atomic mass is 16.5. The molecular formula is C12H16O3. The average Bonchev–Trinajstić information content (AvgIpc) is 2.58. The molecule has 1 heterocycles. The van der Waals surface area contributed by atoms with Gasteiger partial charge in [-0.3, -0.25) is 4.79 Å². The number of aryl methyl sites for hydroxylation is 1. The number of methoxy groups -OCH3 is 1. The zero-order valence-corrected chi connectivity index (χ0v) is 9.21. The molecule has 0 bridgehead atoms. The third-order valence-electron chi connectivity index (χ3n) is 3.20. The molecule has 1 aliphatic rings. The summed E-state index contributed by atoms with van der Waals surface area (Å²) in [6, 6.07) is 3.55. The van der Waals surface area contributed by atoms with Crippen LogP contribution in [0.5, 0.6) is 0 Å². The maximum atomic E-state index is 11.9. The Balaban J connectivity index is 2.03. The minimum Gasteiger partial charge on any atom is -0.458 e. The first-order valence-electron chi connectivity index (χ1n) is 5.30. The van der Waals surface area contributed by atoms with Crippen LogP contribution in [0.4, 0.5) is 0 Å². The Morgan fingerprint density at radius 3 is 2.67 bits per heavy atom. The van der Waals surface area contributed by atoms with E-state index >= 15 is 0 Å². The van der Waals surface area contributed by atoms with Gasteiger partial charge in [-0.2, -0.15) is 0 Å². The zero-order chi connectivity index (χ0) is 10.9. The summed E-state index contributed by atoms with van der Waals surface area (Å²) >= 11 is 0. The van der Waals surface area contributed by atoms with Gasteiger partial charge in [0.2, 0.25) is 5.78 Å². The lowest BCUT2D eigenvalue weighted by atomic mass is 9.76. The predicted octanol–water partition coefficient (Wildman–Crippen LogP) is 2.73. The number of carbonyl (C=O) groups excluding carboxylic acids is 1. The van der Waals surface area contributed by atoms with Gasteiger partial charge in [-0.1, -0.05) is 0 Å². The van der Waals surface area contributed by atoms with E-state index in [-0.39, 0.29) is 11.4 Å². The average molecular weight is 208 g/mol. The molecule has 3 heteroatoms. The van der Waals surface area contributed by atoms with Gasteiger partial charge >= 0.3 is 0 Å². The Bertz CT molecular complexity index is 355. The lowest BCUT2D eigenvalue weighted by Crippen LogP contribution is -2.41. The molecule has 1 aromatic rings. The molecule has 0 spiro atoms. The van der Waals surface area contributed by atoms with Gasteiger partial charge in [0, 0.05) is 13.5 Å². The smallest absolute Gasteiger partial charge is 0.200 e. The number of rotatable bonds is 4. The Kier molecular flexibility index (Phi) is 2.65. The van der Waals surface area contributed by atoms with Crippen LogP contribution in [0, 0.1) is 6.92 Å². The van der Waals surface area contributed by atoms with Gasteiger partial charge in [0.25, 0.3) is 0 Å². The number of ether oxygens (including phenoxy) is 1. The van der Waals surface area contributed by atoms with Gasteiger partial charge in [-0.25, -0.2) is 0 Å². The number of Topliss-reactive ketones (excluding diaryl/α,β-unsaturated/α-hetero) is 1. The van der Waals surface area contributed by atoms with Crippen molar-refractivity contribution in [3.8, 4) is 0 Å². The Morgan fingerprint density at radius 2 is 2.27 bits per heavy atom. The Labute approximate surface area is 89.4 Å². The van der Waals surface area contributed by atoms with Crippen molar-refractivity contribution in [2.24, 2.45) is 0 Å². The minimum atomic E-state index is -0.211. The van der Waals surface area contributed by atoms with Crippen LogP contribution in [0.15, 0.2) is 16.5 Å². The third-order valence-corrected chi connectivity index (χ3v) is 3.20. The van der Waals surface area contributed by atoms with Crippen LogP contribution in [0.1, 0.15) is 42.0 Å². The van der Waals surface area contributed by atoms with Crippen molar-refractivity contribution in [1.29, 1.82) is 0 Å². The van der Waals surface area contributed by atoms with E-state index in [1.165, 1.54) is 0 Å². The Morgan fingerprint density at radius 1 is 1.53 bits per heavy atom. The molecule has 0 aromatic carbocycles. The van der Waals surface area contributed by atoms with E-state index in [1.807, 2.05) is 13.0 Å². The summed E-state index contributed by atoms with van der Waals surface area (Å²) in [7, 11) is 1.68. The fourth-order valence-corrected chi connectivity index (χ4v) is 1.99. The zero-order valence-electron chi connectivity index (χ0n) is 9.21. The van der Waals surface area contributed by atoms with Crippen LogP contribution in [0.3, 0.4) is 0 Å². The normalized spacial score (nSPS) is 18.5. The van der Waals surface area contributed by atoms with Crippen molar-refractivity contribution in [2.75, 3.05) is 7.11 Å². The molecule has 1 saturated carbocycles. The van der Waals surface area contributed by atoms with E-state index < -0.39 is 0 Å². The summed E-state index contributed by atoms with van der Waals surface area (Å²) in [6.07, 6.45) is 3.55. The van der Waals surface area contributed by atoms with Crippen LogP contribution in [-0.4, -0.2) is 18.5 Å². The van der Waals surface area contributed by atoms with E-state index in [0.717, 1.165) is 25.0 Å². The van der Waals surface area contributed by atoms with Crippen LogP contribution in [-0.2, 0) is 4.74 Å². The first kappa shape index (κ1) is 10.4. The second kappa shape index (κ2) is 3.81. The quantitative estimate of drug-likeness (QED) is 0.714. The summed E-state index contributed by atoms with van der Waals surface area (Å²) in [5.41, 5.74) is -0.211. The standard InChI is InChI=1S/C12H16O3/c1-9-4-5-11(15-9)10(13)8-12(14-2)6-3-7-12/h4-5H,3,6-8H2,1-2H3. The summed E-state index contributed by atoms with van der Waals surface area (Å²) in [4.78, 5) is 11.9. The van der Waals surface area contributed by atoms with Gasteiger partial charge in [0.05, 0.1) is 5.60 Å². The van der Waals surface area contributed by atoms with Crippen molar-refractivity contribution < 1.29 is 13.9 Å². The number of hydrogen-bond donors (Lipinski definition) is 0. The van der Waals surface area contributed by atoms with E-state index in [1.54, 1.807) is 13.2 Å². The number of carbonyl (C=O) groups is 1. The van der Waals surface area contributed by atoms with Gasteiger partial charge in [0.15, 0.2) is 5.76 Å². The predicted molar refractivity (Wildman–Crippen MR) is 56.0 cm³/mol. The molecule has 0 N–H and O–H groups in total. The lowest BCUT2D eigenvalue weighted by molar-refractivity contribution is -0.0708. The van der Waals surface area contributed by atoms with Crippen LogP contribution in [0.2, 0.25) is 0 Å². The van der Waals surface area contributed by atoms with Gasteiger partial charge in [0.1, 0.15) is 5.76 Å². The second-order valence-electron chi connectivity index (χ2n) is 4.25. The van der Waals surface area contributed by atoms with Crippen molar-refractivity contribution in [2.45, 2.75) is 38.2 Å². The highest BCUT2D eigenvalue weighted by Crippen LogP contribution is 2.38. The van der Waals surface area contributed by atoms with Gasteiger partial charge in [-0.15, -0.1) is 0 Å². The maximum Gasteiger partial charge on any atom is 0.200 e. The number of hydrogen-bond acceptors (Lipinski definition) is 3. The topological polar surface area (TPSA) is 39.4 Å². The largest absolute Gasteiger partial charge is 0.458 e. The van der Waals surface area contributed by atoms with Crippen LogP contribution in [0.25, 0.3) is 0 Å². The lowest BCUT2D eigenvalue weighted by Gasteiger charge is -2.39. The van der Waals surface area contributed by atoms with E-state index in [9.17, 15) is 4.79 Å². The van der Waals surface area contributed by atoms with Crippen molar-refractivity contribution in [3.63, 3.8) is 0 Å². The molecule has 0 unspecified atom stereocenters. The van der Waals surface area contributed by atoms with E-state index in [0.29, 0.717) is 12.2 Å². The van der Waals surface area contributed by atoms with E-state index in [2.05, 4.69) is 0 Å². The molecule has 0 saturated heterocycles. The van der Waals surface area contributed by atoms with E-state index in [4.69, 9.17) is 9.15 Å². The van der Waals surface area contributed by atoms with Gasteiger partial charge < -0.3 is 9.15 Å². The van der Waals surface area contributed by atoms with Crippen molar-refractivity contribution >= 4 is 5.78 Å². The molecule has 3 nitrogen and oxygen atoms in total. The summed E-state index contributed by atoms with van der Waals surface area (Å²) in [5, 5.41) is 0. The molecule has 0 radical (unpaired) electrons. The first-order chi connectivity index (χ1) is 7.15. The van der Waals surface area contributed by atoms with Crippen molar-refractivity contribution in [3.05, 3.63) is 23.7 Å². The van der Waals surface area contributed by atoms with Crippen molar-refractivity contribution in [1.82, 2.24) is 0 Å². The SMILES string of the molecule is COC1(CC(=O)c2ccc(C)o2)CCC1. The molecule has 82 valence electrons. The second-order valence-corrected chi connectivity index (χ2v) is 4.25. The summed E-state index contributed by atoms with van der Waals surface area (Å²) < 4.78 is 10.7. The molecule has 1 aromatic heterocycles. The highest BCUT2D eigenvalue weighted by molar-refractivity contribution is 5.94. The molecule has 1 aliphatic carbocycles. The maximum absolute atomic E-state index is 11.9. The fourth-order valence-electron chi connectivity index (χ4n) is 1.99. The van der Waals surface area contributed by atoms with Crippen LogP contribution >= 0.6 is 0 Å². The summed E-state index contributed by atoms with van der Waals surface area (Å²) in [6.45, 7) is 1.84. The summed E-state index contributed by atoms with van der Waals surface area (Å²) in [5.74, 6) is 1.28. The molecule has 15 heavy (non-hydrogen) atoms. The molecular weight excluding hydrogens is 192 g/mol. The molecule has 2 rings (SSSR count). The first-order valence-corrected chi connectivity index (χ1v) is 5.30. The van der Waals surface area contributed by atoms with Gasteiger partial charge in [-0.05, 0) is 38.3 Å². The number of furan rings is 1. The fraction of sp³-hybridized carbons (Fsp3) is 0.583. The minimum absolute atomic E-state index is 0.0460. The molecule has 0 aliphatic heterocycles. The molecule has 0 atom stereocenters. The monoisotopic (exact) mass is 208 g/mol. The molecule has 0 amide bonds. The Hall–Kier alpha value is -1.09. The third kappa shape index (κ3) is 1.97. The van der Waals surface area contributed by atoms with Crippen LogP contribution < -0.4 is 0 Å². The molecule has 1 fully saturated rings.